The zero-order chi connectivity index (χ0) is 13.9. The van der Waals surface area contributed by atoms with Crippen molar-refractivity contribution in [3.05, 3.63) is 29.8 Å². The Hall–Kier alpha value is -1.02. The van der Waals surface area contributed by atoms with Gasteiger partial charge >= 0.3 is 0 Å². The molecule has 1 unspecified atom stereocenters. The zero-order valence-corrected chi connectivity index (χ0v) is 12.7. The normalized spacial score (nSPS) is 25.3. The summed E-state index contributed by atoms with van der Waals surface area (Å²) in [5, 5.41) is 0. The summed E-state index contributed by atoms with van der Waals surface area (Å²) >= 11 is 0. The van der Waals surface area contributed by atoms with Crippen molar-refractivity contribution < 1.29 is 0 Å². The number of rotatable bonds is 4. The molecule has 2 nitrogen and oxygen atoms in total. The summed E-state index contributed by atoms with van der Waals surface area (Å²) < 4.78 is 0. The maximum atomic E-state index is 6.33. The average molecular weight is 272 g/mol. The van der Waals surface area contributed by atoms with E-state index < -0.39 is 0 Å². The largest absolute Gasteiger partial charge is 0.368 e. The van der Waals surface area contributed by atoms with Crippen LogP contribution in [0.1, 0.15) is 63.5 Å². The summed E-state index contributed by atoms with van der Waals surface area (Å²) in [6.45, 7) is 3.40. The van der Waals surface area contributed by atoms with Crippen LogP contribution in [0.3, 0.4) is 0 Å². The summed E-state index contributed by atoms with van der Waals surface area (Å²) in [5.74, 6) is 0.920. The molecule has 2 heteroatoms. The van der Waals surface area contributed by atoms with E-state index in [1.54, 1.807) is 0 Å². The Morgan fingerprint density at radius 1 is 1.15 bits per heavy atom. The van der Waals surface area contributed by atoms with Crippen molar-refractivity contribution in [1.29, 1.82) is 0 Å². The van der Waals surface area contributed by atoms with Crippen LogP contribution in [-0.2, 0) is 0 Å². The lowest BCUT2D eigenvalue weighted by Gasteiger charge is -2.33. The van der Waals surface area contributed by atoms with Gasteiger partial charge in [-0.25, -0.2) is 0 Å². The van der Waals surface area contributed by atoms with E-state index in [0.717, 1.165) is 18.4 Å². The van der Waals surface area contributed by atoms with Gasteiger partial charge in [0.25, 0.3) is 0 Å². The first-order chi connectivity index (χ1) is 9.81. The number of nitrogens with zero attached hydrogens (tertiary/aromatic N) is 1. The number of para-hydroxylation sites is 1. The van der Waals surface area contributed by atoms with Crippen LogP contribution in [0.5, 0.6) is 0 Å². The van der Waals surface area contributed by atoms with E-state index in [9.17, 15) is 0 Å². The molecular formula is C18H28N2. The van der Waals surface area contributed by atoms with Gasteiger partial charge in [0.05, 0.1) is 0 Å². The average Bonchev–Trinajstić information content (AvgIpc) is 3.16. The van der Waals surface area contributed by atoms with Gasteiger partial charge in [0.1, 0.15) is 0 Å². The Labute approximate surface area is 123 Å². The third-order valence-corrected chi connectivity index (χ3v) is 5.33. The van der Waals surface area contributed by atoms with Crippen LogP contribution in [-0.4, -0.2) is 12.6 Å². The summed E-state index contributed by atoms with van der Waals surface area (Å²) in [4.78, 5) is 2.68. The van der Waals surface area contributed by atoms with Crippen LogP contribution in [0.15, 0.2) is 24.3 Å². The fourth-order valence-corrected chi connectivity index (χ4v) is 4.21. The Balaban J connectivity index is 1.87. The molecule has 1 aromatic carbocycles. The van der Waals surface area contributed by atoms with Gasteiger partial charge in [0.15, 0.2) is 0 Å². The molecule has 1 saturated heterocycles. The minimum Gasteiger partial charge on any atom is -0.368 e. The van der Waals surface area contributed by atoms with Crippen molar-refractivity contribution in [2.45, 2.75) is 64.0 Å². The van der Waals surface area contributed by atoms with Crippen LogP contribution in [0.25, 0.3) is 0 Å². The lowest BCUT2D eigenvalue weighted by atomic mass is 9.94. The molecule has 0 spiro atoms. The lowest BCUT2D eigenvalue weighted by molar-refractivity contribution is 0.430. The molecule has 0 amide bonds. The van der Waals surface area contributed by atoms with Crippen LogP contribution < -0.4 is 10.6 Å². The third kappa shape index (κ3) is 2.58. The SMILES string of the molecule is CC[C@@H](N)c1ccccc1N1CCCC1C1CCCC1. The third-order valence-electron chi connectivity index (χ3n) is 5.33. The highest BCUT2D eigenvalue weighted by Crippen LogP contribution is 2.39. The molecule has 2 fully saturated rings. The second kappa shape index (κ2) is 6.17. The van der Waals surface area contributed by atoms with Crippen molar-refractivity contribution in [2.75, 3.05) is 11.4 Å². The van der Waals surface area contributed by atoms with E-state index in [0.29, 0.717) is 0 Å². The first-order valence-electron chi connectivity index (χ1n) is 8.42. The van der Waals surface area contributed by atoms with Crippen molar-refractivity contribution in [3.63, 3.8) is 0 Å². The van der Waals surface area contributed by atoms with Gasteiger partial charge in [-0.3, -0.25) is 0 Å². The molecule has 3 rings (SSSR count). The second-order valence-electron chi connectivity index (χ2n) is 6.52. The maximum Gasteiger partial charge on any atom is 0.0417 e. The summed E-state index contributed by atoms with van der Waals surface area (Å²) in [7, 11) is 0. The molecule has 2 atom stereocenters. The van der Waals surface area contributed by atoms with E-state index in [2.05, 4.69) is 36.1 Å². The predicted octanol–water partition coefficient (Wildman–Crippen LogP) is 4.26. The molecule has 1 aliphatic carbocycles. The predicted molar refractivity (Wildman–Crippen MR) is 86.0 cm³/mol. The molecule has 1 saturated carbocycles. The maximum absolute atomic E-state index is 6.33. The monoisotopic (exact) mass is 272 g/mol. The number of benzene rings is 1. The molecule has 1 aromatic rings. The molecular weight excluding hydrogens is 244 g/mol. The zero-order valence-electron chi connectivity index (χ0n) is 12.7. The van der Waals surface area contributed by atoms with E-state index in [4.69, 9.17) is 5.73 Å². The minimum atomic E-state index is 0.177. The van der Waals surface area contributed by atoms with Crippen molar-refractivity contribution in [1.82, 2.24) is 0 Å². The Morgan fingerprint density at radius 3 is 2.65 bits per heavy atom. The molecule has 1 aliphatic heterocycles. The topological polar surface area (TPSA) is 29.3 Å². The summed E-state index contributed by atoms with van der Waals surface area (Å²) in [5.41, 5.74) is 9.10. The first kappa shape index (κ1) is 13.9. The van der Waals surface area contributed by atoms with Crippen molar-refractivity contribution in [3.8, 4) is 0 Å². The fraction of sp³-hybridized carbons (Fsp3) is 0.667. The Kier molecular flexibility index (Phi) is 4.30. The van der Waals surface area contributed by atoms with Gasteiger partial charge in [-0.15, -0.1) is 0 Å². The van der Waals surface area contributed by atoms with E-state index >= 15 is 0 Å². The van der Waals surface area contributed by atoms with Gasteiger partial charge in [-0.2, -0.15) is 0 Å². The van der Waals surface area contributed by atoms with E-state index in [1.165, 1.54) is 56.3 Å². The standard InChI is InChI=1S/C18H28N2/c1-2-16(19)15-10-5-6-11-18(15)20-13-7-12-17(20)14-8-3-4-9-14/h5-6,10-11,14,16-17H,2-4,7-9,12-13,19H2,1H3/t16-,17?/m1/s1. The van der Waals surface area contributed by atoms with Gasteiger partial charge in [0.2, 0.25) is 0 Å². The molecule has 110 valence electrons. The summed E-state index contributed by atoms with van der Waals surface area (Å²) in [6.07, 6.45) is 9.47. The highest BCUT2D eigenvalue weighted by molar-refractivity contribution is 5.56. The van der Waals surface area contributed by atoms with Gasteiger partial charge in [0, 0.05) is 24.3 Å². The minimum absolute atomic E-state index is 0.177. The van der Waals surface area contributed by atoms with Crippen LogP contribution in [0, 0.1) is 5.92 Å². The number of hydrogen-bond acceptors (Lipinski definition) is 2. The van der Waals surface area contributed by atoms with Crippen LogP contribution in [0.4, 0.5) is 5.69 Å². The van der Waals surface area contributed by atoms with Crippen LogP contribution >= 0.6 is 0 Å². The Morgan fingerprint density at radius 2 is 1.90 bits per heavy atom. The number of hydrogen-bond donors (Lipinski definition) is 1. The number of nitrogens with two attached hydrogens (primary N) is 1. The molecule has 0 bridgehead atoms. The van der Waals surface area contributed by atoms with Crippen molar-refractivity contribution >= 4 is 5.69 Å². The molecule has 20 heavy (non-hydrogen) atoms. The first-order valence-corrected chi connectivity index (χ1v) is 8.42. The summed E-state index contributed by atoms with van der Waals surface area (Å²) in [6, 6.07) is 9.77. The lowest BCUT2D eigenvalue weighted by Crippen LogP contribution is -2.35. The van der Waals surface area contributed by atoms with E-state index in [-0.39, 0.29) is 6.04 Å². The fourth-order valence-electron chi connectivity index (χ4n) is 4.21. The van der Waals surface area contributed by atoms with Crippen LogP contribution in [0.2, 0.25) is 0 Å². The molecule has 1 heterocycles. The van der Waals surface area contributed by atoms with E-state index in [1.807, 2.05) is 0 Å². The van der Waals surface area contributed by atoms with Gasteiger partial charge in [-0.1, -0.05) is 38.0 Å². The highest BCUT2D eigenvalue weighted by Gasteiger charge is 2.34. The number of anilines is 1. The highest BCUT2D eigenvalue weighted by atomic mass is 15.2. The molecule has 2 aliphatic rings. The molecule has 0 radical (unpaired) electrons. The van der Waals surface area contributed by atoms with Crippen molar-refractivity contribution in [2.24, 2.45) is 11.7 Å². The molecule has 2 N–H and O–H groups in total. The Bertz CT molecular complexity index is 437. The smallest absolute Gasteiger partial charge is 0.0417 e. The molecule has 0 aromatic heterocycles. The quantitative estimate of drug-likeness (QED) is 0.887. The second-order valence-corrected chi connectivity index (χ2v) is 6.52. The van der Waals surface area contributed by atoms with Gasteiger partial charge in [-0.05, 0) is 49.7 Å². The van der Waals surface area contributed by atoms with Gasteiger partial charge < -0.3 is 10.6 Å².